The fraction of sp³-hybridized carbons (Fsp3) is 0.538. The van der Waals surface area contributed by atoms with Crippen LogP contribution in [0.2, 0.25) is 0 Å². The average molecular weight is 301 g/mol. The molecule has 94 valence electrons. The van der Waals surface area contributed by atoms with Crippen molar-refractivity contribution in [1.82, 2.24) is 10.2 Å². The minimum absolute atomic E-state index is 0.164. The van der Waals surface area contributed by atoms with Crippen molar-refractivity contribution in [1.29, 1.82) is 0 Å². The van der Waals surface area contributed by atoms with Crippen molar-refractivity contribution in [3.8, 4) is 0 Å². The van der Waals surface area contributed by atoms with Crippen LogP contribution in [0, 0.1) is 5.82 Å². The third kappa shape index (κ3) is 3.27. The third-order valence-corrected chi connectivity index (χ3v) is 3.71. The van der Waals surface area contributed by atoms with Crippen molar-refractivity contribution in [2.75, 3.05) is 26.2 Å². The molecule has 0 aromatic heterocycles. The summed E-state index contributed by atoms with van der Waals surface area (Å²) in [6.45, 7) is 6.27. The van der Waals surface area contributed by atoms with Gasteiger partial charge in [-0.1, -0.05) is 22.9 Å². The lowest BCUT2D eigenvalue weighted by atomic mass is 10.0. The van der Waals surface area contributed by atoms with Crippen molar-refractivity contribution in [3.63, 3.8) is 0 Å². The van der Waals surface area contributed by atoms with Gasteiger partial charge in [0.25, 0.3) is 0 Å². The number of piperazine rings is 1. The maximum absolute atomic E-state index is 13.4. The van der Waals surface area contributed by atoms with Gasteiger partial charge in [-0.25, -0.2) is 4.39 Å². The average Bonchev–Trinajstić information content (AvgIpc) is 2.30. The van der Waals surface area contributed by atoms with Gasteiger partial charge < -0.3 is 5.32 Å². The first kappa shape index (κ1) is 13.0. The topological polar surface area (TPSA) is 15.3 Å². The molecule has 1 atom stereocenters. The molecule has 0 spiro atoms. The van der Waals surface area contributed by atoms with Crippen LogP contribution in [0.4, 0.5) is 4.39 Å². The van der Waals surface area contributed by atoms with E-state index in [0.29, 0.717) is 6.04 Å². The Hall–Kier alpha value is -0.450. The molecule has 1 N–H and O–H groups in total. The first-order chi connectivity index (χ1) is 8.20. The second-order valence-corrected chi connectivity index (χ2v) is 5.33. The normalized spacial score (nSPS) is 19.2. The standard InChI is InChI=1S/C13H18BrFN2/c1-2-13(17-5-3-16-4-6-17)10-7-11(14)9-12(15)8-10/h7-9,13,16H,2-6H2,1H3/t13-/m1/s1. The molecule has 1 fully saturated rings. The first-order valence-electron chi connectivity index (χ1n) is 6.11. The summed E-state index contributed by atoms with van der Waals surface area (Å²) in [6.07, 6.45) is 1.01. The Balaban J connectivity index is 2.21. The Morgan fingerprint density at radius 3 is 2.65 bits per heavy atom. The van der Waals surface area contributed by atoms with Gasteiger partial charge in [0.05, 0.1) is 0 Å². The summed E-state index contributed by atoms with van der Waals surface area (Å²) in [5.74, 6) is -0.164. The molecule has 0 bridgehead atoms. The van der Waals surface area contributed by atoms with Crippen LogP contribution in [-0.4, -0.2) is 31.1 Å². The van der Waals surface area contributed by atoms with Crippen LogP contribution in [0.25, 0.3) is 0 Å². The molecule has 0 saturated carbocycles. The third-order valence-electron chi connectivity index (χ3n) is 3.25. The van der Waals surface area contributed by atoms with Gasteiger partial charge in [-0.3, -0.25) is 4.90 Å². The summed E-state index contributed by atoms with van der Waals surface area (Å²) >= 11 is 3.36. The van der Waals surface area contributed by atoms with Crippen molar-refractivity contribution in [2.45, 2.75) is 19.4 Å². The quantitative estimate of drug-likeness (QED) is 0.923. The molecule has 1 saturated heterocycles. The maximum atomic E-state index is 13.4. The number of hydrogen-bond donors (Lipinski definition) is 1. The van der Waals surface area contributed by atoms with E-state index in [2.05, 4.69) is 33.1 Å². The lowest BCUT2D eigenvalue weighted by molar-refractivity contribution is 0.169. The highest BCUT2D eigenvalue weighted by Gasteiger charge is 2.21. The van der Waals surface area contributed by atoms with E-state index in [1.807, 2.05) is 6.07 Å². The van der Waals surface area contributed by atoms with Gasteiger partial charge in [-0.2, -0.15) is 0 Å². The highest BCUT2D eigenvalue weighted by Crippen LogP contribution is 2.27. The second-order valence-electron chi connectivity index (χ2n) is 4.41. The Bertz CT molecular complexity index is 357. The molecule has 0 unspecified atom stereocenters. The number of rotatable bonds is 3. The lowest BCUT2D eigenvalue weighted by Crippen LogP contribution is -2.45. The second kappa shape index (κ2) is 5.94. The molecule has 0 aliphatic carbocycles. The van der Waals surface area contributed by atoms with Crippen molar-refractivity contribution in [3.05, 3.63) is 34.1 Å². The number of halogens is 2. The lowest BCUT2D eigenvalue weighted by Gasteiger charge is -2.34. The molecule has 2 rings (SSSR count). The smallest absolute Gasteiger partial charge is 0.124 e. The summed E-state index contributed by atoms with van der Waals surface area (Å²) in [7, 11) is 0. The monoisotopic (exact) mass is 300 g/mol. The fourth-order valence-corrected chi connectivity index (χ4v) is 2.95. The van der Waals surface area contributed by atoms with E-state index in [4.69, 9.17) is 0 Å². The summed E-state index contributed by atoms with van der Waals surface area (Å²) in [5, 5.41) is 3.34. The zero-order chi connectivity index (χ0) is 12.3. The van der Waals surface area contributed by atoms with E-state index in [1.54, 1.807) is 6.07 Å². The van der Waals surface area contributed by atoms with Gasteiger partial charge in [0, 0.05) is 36.7 Å². The minimum atomic E-state index is -0.164. The van der Waals surface area contributed by atoms with Crippen LogP contribution >= 0.6 is 15.9 Å². The summed E-state index contributed by atoms with van der Waals surface area (Å²) in [5.41, 5.74) is 1.07. The predicted octanol–water partition coefficient (Wildman–Crippen LogP) is 2.94. The van der Waals surface area contributed by atoms with Crippen LogP contribution < -0.4 is 5.32 Å². The largest absolute Gasteiger partial charge is 0.314 e. The van der Waals surface area contributed by atoms with Crippen molar-refractivity contribution >= 4 is 15.9 Å². The molecular weight excluding hydrogens is 283 g/mol. The predicted molar refractivity (Wildman–Crippen MR) is 71.6 cm³/mol. The number of nitrogens with one attached hydrogen (secondary N) is 1. The number of benzene rings is 1. The van der Waals surface area contributed by atoms with Gasteiger partial charge >= 0.3 is 0 Å². The molecule has 0 radical (unpaired) electrons. The van der Waals surface area contributed by atoms with Crippen molar-refractivity contribution < 1.29 is 4.39 Å². The molecule has 1 aromatic carbocycles. The highest BCUT2D eigenvalue weighted by atomic mass is 79.9. The van der Waals surface area contributed by atoms with Crippen LogP contribution in [0.1, 0.15) is 24.9 Å². The maximum Gasteiger partial charge on any atom is 0.124 e. The van der Waals surface area contributed by atoms with E-state index < -0.39 is 0 Å². The SMILES string of the molecule is CC[C@H](c1cc(F)cc(Br)c1)N1CCNCC1. The molecule has 4 heteroatoms. The molecule has 1 heterocycles. The number of nitrogens with zero attached hydrogens (tertiary/aromatic N) is 1. The molecular formula is C13H18BrFN2. The number of hydrogen-bond acceptors (Lipinski definition) is 2. The highest BCUT2D eigenvalue weighted by molar-refractivity contribution is 9.10. The molecule has 17 heavy (non-hydrogen) atoms. The summed E-state index contributed by atoms with van der Waals surface area (Å²) in [4.78, 5) is 2.43. The molecule has 1 aromatic rings. The molecule has 2 nitrogen and oxygen atoms in total. The van der Waals surface area contributed by atoms with E-state index in [9.17, 15) is 4.39 Å². The van der Waals surface area contributed by atoms with Crippen molar-refractivity contribution in [2.24, 2.45) is 0 Å². The van der Waals surface area contributed by atoms with Crippen LogP contribution in [0.15, 0.2) is 22.7 Å². The zero-order valence-corrected chi connectivity index (χ0v) is 11.6. The Labute approximate surface area is 110 Å². The van der Waals surface area contributed by atoms with E-state index in [-0.39, 0.29) is 5.82 Å². The summed E-state index contributed by atoms with van der Waals surface area (Å²) in [6, 6.07) is 5.51. The van der Waals surface area contributed by atoms with Gasteiger partial charge in [0.2, 0.25) is 0 Å². The zero-order valence-electron chi connectivity index (χ0n) is 10.0. The first-order valence-corrected chi connectivity index (χ1v) is 6.90. The van der Waals surface area contributed by atoms with Gasteiger partial charge in [0.15, 0.2) is 0 Å². The minimum Gasteiger partial charge on any atom is -0.314 e. The van der Waals surface area contributed by atoms with Crippen LogP contribution in [0.5, 0.6) is 0 Å². The van der Waals surface area contributed by atoms with Gasteiger partial charge in [0.1, 0.15) is 5.82 Å². The Morgan fingerprint density at radius 2 is 2.06 bits per heavy atom. The molecule has 1 aliphatic rings. The summed E-state index contributed by atoms with van der Waals surface area (Å²) < 4.78 is 14.3. The van der Waals surface area contributed by atoms with Gasteiger partial charge in [-0.15, -0.1) is 0 Å². The molecule has 1 aliphatic heterocycles. The Kier molecular flexibility index (Phi) is 4.54. The van der Waals surface area contributed by atoms with Gasteiger partial charge in [-0.05, 0) is 30.2 Å². The van der Waals surface area contributed by atoms with E-state index in [1.165, 1.54) is 6.07 Å². The molecule has 0 amide bonds. The van der Waals surface area contributed by atoms with E-state index >= 15 is 0 Å². The van der Waals surface area contributed by atoms with E-state index in [0.717, 1.165) is 42.6 Å². The fourth-order valence-electron chi connectivity index (χ4n) is 2.47. The van der Waals surface area contributed by atoms with Crippen LogP contribution in [-0.2, 0) is 0 Å². The Morgan fingerprint density at radius 1 is 1.35 bits per heavy atom. The van der Waals surface area contributed by atoms with Crippen LogP contribution in [0.3, 0.4) is 0 Å².